The second-order valence-electron chi connectivity index (χ2n) is 8.54. The summed E-state index contributed by atoms with van der Waals surface area (Å²) in [7, 11) is -3.76. The number of hydrogen-bond donors (Lipinski definition) is 2. The topological polar surface area (TPSA) is 117 Å². The number of carbonyl (C=O) groups excluding carboxylic acids is 1. The molecular formula is C25H24FN5O4S2. The fourth-order valence-electron chi connectivity index (χ4n) is 4.23. The van der Waals surface area contributed by atoms with Crippen molar-refractivity contribution in [1.82, 2.24) is 20.1 Å². The summed E-state index contributed by atoms with van der Waals surface area (Å²) in [6.07, 6.45) is 4.61. The Bertz CT molecular complexity index is 1570. The van der Waals surface area contributed by atoms with Crippen LogP contribution in [0.5, 0.6) is 5.75 Å². The lowest BCUT2D eigenvalue weighted by Crippen LogP contribution is -2.33. The third-order valence-electron chi connectivity index (χ3n) is 6.04. The van der Waals surface area contributed by atoms with Gasteiger partial charge in [-0.05, 0) is 42.3 Å². The predicted molar refractivity (Wildman–Crippen MR) is 139 cm³/mol. The van der Waals surface area contributed by atoms with Crippen LogP contribution in [-0.2, 0) is 22.8 Å². The zero-order chi connectivity index (χ0) is 26.2. The van der Waals surface area contributed by atoms with E-state index >= 15 is 4.39 Å². The lowest BCUT2D eigenvalue weighted by atomic mass is 10.0. The second kappa shape index (κ2) is 9.94. The van der Waals surface area contributed by atoms with Crippen molar-refractivity contribution in [2.45, 2.75) is 24.8 Å². The molecule has 0 aliphatic carbocycles. The summed E-state index contributed by atoms with van der Waals surface area (Å²) < 4.78 is 44.8. The number of thiazole rings is 1. The van der Waals surface area contributed by atoms with Gasteiger partial charge in [0.15, 0.2) is 20.8 Å². The largest absolute Gasteiger partial charge is 0.491 e. The van der Waals surface area contributed by atoms with Crippen LogP contribution in [0.1, 0.15) is 28.4 Å². The molecule has 0 bridgehead atoms. The van der Waals surface area contributed by atoms with Crippen LogP contribution in [0.15, 0.2) is 53.7 Å². The summed E-state index contributed by atoms with van der Waals surface area (Å²) in [5.41, 5.74) is 1.98. The lowest BCUT2D eigenvalue weighted by Gasteiger charge is -2.22. The number of carbonyl (C=O) groups is 1. The average Bonchev–Trinajstić information content (AvgIpc) is 3.50. The Balaban J connectivity index is 1.42. The van der Waals surface area contributed by atoms with Crippen LogP contribution < -0.4 is 10.1 Å². The quantitative estimate of drug-likeness (QED) is 0.371. The minimum Gasteiger partial charge on any atom is -0.491 e. The first-order valence-electron chi connectivity index (χ1n) is 11.5. The molecule has 0 spiro atoms. The Morgan fingerprint density at radius 1 is 1.27 bits per heavy atom. The molecule has 9 nitrogen and oxygen atoms in total. The first-order valence-corrected chi connectivity index (χ1v) is 14.2. The highest BCUT2D eigenvalue weighted by Gasteiger charge is 2.27. The zero-order valence-electron chi connectivity index (χ0n) is 20.1. The summed E-state index contributed by atoms with van der Waals surface area (Å²) in [6, 6.07) is 10.1. The van der Waals surface area contributed by atoms with E-state index in [1.807, 2.05) is 18.2 Å². The number of anilines is 2. The van der Waals surface area contributed by atoms with Crippen molar-refractivity contribution >= 4 is 38.0 Å². The van der Waals surface area contributed by atoms with Crippen LogP contribution in [0.4, 0.5) is 15.3 Å². The van der Waals surface area contributed by atoms with Gasteiger partial charge in [0.2, 0.25) is 0 Å². The number of nitrogens with one attached hydrogen (secondary N) is 2. The van der Waals surface area contributed by atoms with Gasteiger partial charge in [-0.1, -0.05) is 18.3 Å². The SMILES string of the molecule is CCc1c(C(=O)N2CCOc3ccc(-c4cnc(Nc5cc[nH]n5)s4)cc3C2)ccc(S(C)(=O)=O)c1F. The maximum Gasteiger partial charge on any atom is 0.254 e. The normalized spacial score (nSPS) is 13.5. The number of H-pyrrole nitrogens is 1. The standard InChI is InChI=1S/C25H24FN5O4S2/c1-3-17-18(5-7-21(23(17)26)37(2,33)34)24(32)31-10-11-35-19-6-4-15(12-16(19)14-31)20-13-27-25(36-20)29-22-8-9-28-30-22/h4-9,12-13H,3,10-11,14H2,1-2H3,(H2,27,28,29,30). The third-order valence-corrected chi connectivity index (χ3v) is 8.12. The van der Waals surface area contributed by atoms with E-state index < -0.39 is 20.5 Å². The van der Waals surface area contributed by atoms with Crippen LogP contribution in [-0.4, -0.2) is 53.8 Å². The monoisotopic (exact) mass is 541 g/mol. The number of ether oxygens (including phenoxy) is 1. The van der Waals surface area contributed by atoms with Gasteiger partial charge in [-0.15, -0.1) is 0 Å². The highest BCUT2D eigenvalue weighted by molar-refractivity contribution is 7.90. The van der Waals surface area contributed by atoms with Gasteiger partial charge in [0.05, 0.1) is 11.4 Å². The molecule has 37 heavy (non-hydrogen) atoms. The highest BCUT2D eigenvalue weighted by Crippen LogP contribution is 2.35. The van der Waals surface area contributed by atoms with Crippen LogP contribution in [0, 0.1) is 5.82 Å². The maximum atomic E-state index is 15.0. The molecular weight excluding hydrogens is 517 g/mol. The van der Waals surface area contributed by atoms with Crippen LogP contribution in [0.25, 0.3) is 10.4 Å². The number of nitrogens with zero attached hydrogens (tertiary/aromatic N) is 3. The van der Waals surface area contributed by atoms with Crippen molar-refractivity contribution < 1.29 is 22.3 Å². The molecule has 2 aromatic carbocycles. The molecule has 0 saturated heterocycles. The number of aromatic amines is 1. The van der Waals surface area contributed by atoms with Gasteiger partial charge < -0.3 is 15.0 Å². The van der Waals surface area contributed by atoms with Crippen molar-refractivity contribution in [2.24, 2.45) is 0 Å². The molecule has 0 radical (unpaired) electrons. The molecule has 2 aromatic heterocycles. The predicted octanol–water partition coefficient (Wildman–Crippen LogP) is 4.42. The van der Waals surface area contributed by atoms with E-state index in [1.54, 1.807) is 30.3 Å². The van der Waals surface area contributed by atoms with E-state index in [2.05, 4.69) is 20.5 Å². The van der Waals surface area contributed by atoms with E-state index in [-0.39, 0.29) is 36.6 Å². The number of aromatic nitrogens is 3. The fourth-order valence-corrected chi connectivity index (χ4v) is 5.81. The minimum absolute atomic E-state index is 0.0914. The van der Waals surface area contributed by atoms with E-state index in [0.717, 1.165) is 28.3 Å². The smallest absolute Gasteiger partial charge is 0.254 e. The third kappa shape index (κ3) is 5.07. The highest BCUT2D eigenvalue weighted by atomic mass is 32.2. The number of halogens is 1. The van der Waals surface area contributed by atoms with Crippen molar-refractivity contribution in [3.63, 3.8) is 0 Å². The molecule has 0 fully saturated rings. The molecule has 5 rings (SSSR count). The van der Waals surface area contributed by atoms with Gasteiger partial charge >= 0.3 is 0 Å². The molecule has 192 valence electrons. The Kier molecular flexibility index (Phi) is 6.69. The number of benzene rings is 2. The van der Waals surface area contributed by atoms with E-state index in [9.17, 15) is 13.2 Å². The maximum absolute atomic E-state index is 15.0. The van der Waals surface area contributed by atoms with Gasteiger partial charge in [0, 0.05) is 48.0 Å². The average molecular weight is 542 g/mol. The summed E-state index contributed by atoms with van der Waals surface area (Å²) >= 11 is 1.47. The number of sulfone groups is 1. The molecule has 3 heterocycles. The van der Waals surface area contributed by atoms with E-state index in [4.69, 9.17) is 4.74 Å². The number of fused-ring (bicyclic) bond motifs is 1. The Morgan fingerprint density at radius 2 is 2.11 bits per heavy atom. The summed E-state index contributed by atoms with van der Waals surface area (Å²) in [5.74, 6) is 0.0978. The van der Waals surface area contributed by atoms with Gasteiger partial charge in [0.25, 0.3) is 5.91 Å². The molecule has 1 amide bonds. The first-order chi connectivity index (χ1) is 17.7. The Morgan fingerprint density at radius 3 is 2.84 bits per heavy atom. The van der Waals surface area contributed by atoms with E-state index in [1.165, 1.54) is 17.4 Å². The van der Waals surface area contributed by atoms with Crippen molar-refractivity contribution in [3.05, 3.63) is 71.3 Å². The summed E-state index contributed by atoms with van der Waals surface area (Å²) in [6.45, 7) is 2.54. The van der Waals surface area contributed by atoms with Crippen LogP contribution in [0.2, 0.25) is 0 Å². The molecule has 1 aliphatic heterocycles. The van der Waals surface area contributed by atoms with Gasteiger partial charge in [-0.2, -0.15) is 5.10 Å². The Labute approximate surface area is 217 Å². The summed E-state index contributed by atoms with van der Waals surface area (Å²) in [4.78, 5) is 20.0. The molecule has 0 unspecified atom stereocenters. The van der Waals surface area contributed by atoms with Crippen molar-refractivity contribution in [3.8, 4) is 16.2 Å². The number of rotatable bonds is 6. The van der Waals surface area contributed by atoms with Crippen LogP contribution in [0.3, 0.4) is 0 Å². The molecule has 4 aromatic rings. The summed E-state index contributed by atoms with van der Waals surface area (Å²) in [5, 5.41) is 10.6. The molecule has 0 saturated carbocycles. The lowest BCUT2D eigenvalue weighted by molar-refractivity contribution is 0.0731. The van der Waals surface area contributed by atoms with Crippen LogP contribution >= 0.6 is 11.3 Å². The number of amides is 1. The van der Waals surface area contributed by atoms with Gasteiger partial charge in [0.1, 0.15) is 23.1 Å². The first kappa shape index (κ1) is 24.9. The second-order valence-corrected chi connectivity index (χ2v) is 11.6. The number of hydrogen-bond acceptors (Lipinski definition) is 8. The molecule has 1 aliphatic rings. The molecule has 2 N–H and O–H groups in total. The Hall–Kier alpha value is -3.77. The van der Waals surface area contributed by atoms with E-state index in [0.29, 0.717) is 23.2 Å². The van der Waals surface area contributed by atoms with Gasteiger partial charge in [-0.25, -0.2) is 17.8 Å². The molecule has 12 heteroatoms. The van der Waals surface area contributed by atoms with Crippen molar-refractivity contribution in [1.29, 1.82) is 0 Å². The zero-order valence-corrected chi connectivity index (χ0v) is 21.7. The van der Waals surface area contributed by atoms with Gasteiger partial charge in [-0.3, -0.25) is 9.89 Å². The van der Waals surface area contributed by atoms with Crippen molar-refractivity contribution in [2.75, 3.05) is 24.7 Å². The fraction of sp³-hybridized carbons (Fsp3) is 0.240. The minimum atomic E-state index is -3.76. The molecule has 0 atom stereocenters.